The second kappa shape index (κ2) is 11.1. The van der Waals surface area contributed by atoms with Crippen LogP contribution in [0, 0.1) is 0 Å². The number of carboxylic acid groups (broad SMARTS) is 1. The highest BCUT2D eigenvalue weighted by Crippen LogP contribution is 2.41. The van der Waals surface area contributed by atoms with Gasteiger partial charge in [0.25, 0.3) is 0 Å². The highest BCUT2D eigenvalue weighted by Gasteiger charge is 2.35. The molecule has 0 radical (unpaired) electrons. The fourth-order valence-corrected chi connectivity index (χ4v) is 4.75. The molecule has 1 amide bonds. The number of amides is 1. The van der Waals surface area contributed by atoms with Gasteiger partial charge in [-0.3, -0.25) is 9.88 Å². The molecule has 9 heteroatoms. The third kappa shape index (κ3) is 6.23. The predicted molar refractivity (Wildman–Crippen MR) is 141 cm³/mol. The van der Waals surface area contributed by atoms with E-state index < -0.39 is 11.6 Å². The van der Waals surface area contributed by atoms with Crippen LogP contribution < -0.4 is 0 Å². The van der Waals surface area contributed by atoms with Crippen molar-refractivity contribution < 1.29 is 19.4 Å². The SMILES string of the molecule is CC.CC(C)(C)OC(=O)N1CCN(C2c3ccc(Cl)cc3C(C(=O)O)=Cc3cc(Br)cnc32)CC1. The van der Waals surface area contributed by atoms with Crippen LogP contribution in [0.15, 0.2) is 34.9 Å². The van der Waals surface area contributed by atoms with Crippen LogP contribution in [0.4, 0.5) is 4.79 Å². The Morgan fingerprint density at radius 2 is 1.80 bits per heavy atom. The van der Waals surface area contributed by atoms with E-state index in [-0.39, 0.29) is 17.7 Å². The highest BCUT2D eigenvalue weighted by atomic mass is 79.9. The topological polar surface area (TPSA) is 83.0 Å². The van der Waals surface area contributed by atoms with Gasteiger partial charge in [0.1, 0.15) is 5.60 Å². The lowest BCUT2D eigenvalue weighted by molar-refractivity contribution is -0.130. The molecule has 0 spiro atoms. The number of hydrogen-bond donors (Lipinski definition) is 1. The van der Waals surface area contributed by atoms with Crippen molar-refractivity contribution in [1.29, 1.82) is 0 Å². The third-order valence-electron chi connectivity index (χ3n) is 5.64. The molecule has 1 aromatic heterocycles. The van der Waals surface area contributed by atoms with Crippen LogP contribution in [0.5, 0.6) is 0 Å². The molecule has 1 N–H and O–H groups in total. The Hall–Kier alpha value is -2.42. The molecule has 1 fully saturated rings. The Kier molecular flexibility index (Phi) is 8.62. The molecular formula is C26H31BrClN3O4. The van der Waals surface area contributed by atoms with E-state index in [1.807, 2.05) is 46.8 Å². The first-order chi connectivity index (χ1) is 16.5. The average Bonchev–Trinajstić information content (AvgIpc) is 2.93. The van der Waals surface area contributed by atoms with Crippen molar-refractivity contribution in [3.05, 3.63) is 62.3 Å². The van der Waals surface area contributed by atoms with Gasteiger partial charge in [0.05, 0.1) is 17.3 Å². The summed E-state index contributed by atoms with van der Waals surface area (Å²) >= 11 is 9.71. The van der Waals surface area contributed by atoms with Gasteiger partial charge in [0.15, 0.2) is 0 Å². The van der Waals surface area contributed by atoms with Crippen LogP contribution in [0.1, 0.15) is 63.0 Å². The first-order valence-electron chi connectivity index (χ1n) is 11.7. The number of carboxylic acids is 1. The molecule has 188 valence electrons. The minimum absolute atomic E-state index is 0.170. The van der Waals surface area contributed by atoms with E-state index in [0.29, 0.717) is 36.8 Å². The maximum atomic E-state index is 12.5. The number of hydrogen-bond acceptors (Lipinski definition) is 5. The van der Waals surface area contributed by atoms with Crippen molar-refractivity contribution in [2.24, 2.45) is 0 Å². The lowest BCUT2D eigenvalue weighted by Gasteiger charge is -2.40. The third-order valence-corrected chi connectivity index (χ3v) is 6.31. The number of aromatic nitrogens is 1. The Balaban J connectivity index is 0.00000167. The quantitative estimate of drug-likeness (QED) is 0.474. The van der Waals surface area contributed by atoms with Crippen LogP contribution in [-0.4, -0.2) is 63.7 Å². The molecule has 7 nitrogen and oxygen atoms in total. The molecule has 0 saturated carbocycles. The predicted octanol–water partition coefficient (Wildman–Crippen LogP) is 6.10. The van der Waals surface area contributed by atoms with E-state index >= 15 is 0 Å². The number of aliphatic carboxylic acids is 1. The summed E-state index contributed by atoms with van der Waals surface area (Å²) in [6, 6.07) is 6.94. The monoisotopic (exact) mass is 563 g/mol. The fraction of sp³-hybridized carbons (Fsp3) is 0.423. The Bertz CT molecular complexity index is 1140. The van der Waals surface area contributed by atoms with Crippen LogP contribution in [0.3, 0.4) is 0 Å². The molecule has 2 aromatic rings. The summed E-state index contributed by atoms with van der Waals surface area (Å²) in [6.07, 6.45) is 3.05. The molecule has 1 saturated heterocycles. The molecule has 4 rings (SSSR count). The van der Waals surface area contributed by atoms with Crippen molar-refractivity contribution in [2.75, 3.05) is 26.2 Å². The zero-order valence-electron chi connectivity index (χ0n) is 20.6. The number of carbonyl (C=O) groups is 2. The van der Waals surface area contributed by atoms with Crippen molar-refractivity contribution in [1.82, 2.24) is 14.8 Å². The van der Waals surface area contributed by atoms with Gasteiger partial charge < -0.3 is 14.7 Å². The zero-order valence-corrected chi connectivity index (χ0v) is 23.0. The summed E-state index contributed by atoms with van der Waals surface area (Å²) in [5.41, 5.74) is 2.51. The zero-order chi connectivity index (χ0) is 25.9. The summed E-state index contributed by atoms with van der Waals surface area (Å²) in [5.74, 6) is -1.03. The van der Waals surface area contributed by atoms with E-state index in [4.69, 9.17) is 16.3 Å². The van der Waals surface area contributed by atoms with Crippen LogP contribution >= 0.6 is 27.5 Å². The fourth-order valence-electron chi connectivity index (χ4n) is 4.23. The molecular weight excluding hydrogens is 534 g/mol. The van der Waals surface area contributed by atoms with E-state index in [2.05, 4.69) is 25.8 Å². The number of benzene rings is 1. The minimum Gasteiger partial charge on any atom is -0.478 e. The van der Waals surface area contributed by atoms with Gasteiger partial charge in [0, 0.05) is 41.9 Å². The molecule has 1 atom stereocenters. The first-order valence-corrected chi connectivity index (χ1v) is 12.8. The molecule has 0 bridgehead atoms. The summed E-state index contributed by atoms with van der Waals surface area (Å²) in [6.45, 7) is 11.7. The van der Waals surface area contributed by atoms with Crippen LogP contribution in [-0.2, 0) is 9.53 Å². The Morgan fingerprint density at radius 3 is 2.40 bits per heavy atom. The van der Waals surface area contributed by atoms with E-state index in [0.717, 1.165) is 21.3 Å². The van der Waals surface area contributed by atoms with E-state index in [1.54, 1.807) is 29.3 Å². The van der Waals surface area contributed by atoms with Crippen molar-refractivity contribution in [2.45, 2.75) is 46.3 Å². The largest absolute Gasteiger partial charge is 0.478 e. The summed E-state index contributed by atoms with van der Waals surface area (Å²) in [4.78, 5) is 33.3. The van der Waals surface area contributed by atoms with Crippen molar-refractivity contribution in [3.8, 4) is 0 Å². The molecule has 1 aliphatic heterocycles. The molecule has 2 aliphatic rings. The van der Waals surface area contributed by atoms with Crippen LogP contribution in [0.25, 0.3) is 11.6 Å². The number of piperazine rings is 1. The lowest BCUT2D eigenvalue weighted by Crippen LogP contribution is -2.51. The second-order valence-corrected chi connectivity index (χ2v) is 10.5. The van der Waals surface area contributed by atoms with E-state index in [9.17, 15) is 14.7 Å². The highest BCUT2D eigenvalue weighted by molar-refractivity contribution is 9.10. The summed E-state index contributed by atoms with van der Waals surface area (Å²) < 4.78 is 6.28. The number of carbonyl (C=O) groups excluding carboxylic acids is 1. The van der Waals surface area contributed by atoms with Gasteiger partial charge in [-0.25, -0.2) is 9.59 Å². The van der Waals surface area contributed by atoms with Gasteiger partial charge in [-0.2, -0.15) is 0 Å². The van der Waals surface area contributed by atoms with E-state index in [1.165, 1.54) is 0 Å². The maximum Gasteiger partial charge on any atom is 0.410 e. The number of rotatable bonds is 2. The summed E-state index contributed by atoms with van der Waals surface area (Å²) in [7, 11) is 0. The number of pyridine rings is 1. The second-order valence-electron chi connectivity index (χ2n) is 9.13. The number of ether oxygens (including phenoxy) is 1. The number of nitrogens with zero attached hydrogens (tertiary/aromatic N) is 3. The molecule has 2 heterocycles. The van der Waals surface area contributed by atoms with Crippen LogP contribution in [0.2, 0.25) is 5.02 Å². The lowest BCUT2D eigenvalue weighted by atomic mass is 9.93. The van der Waals surface area contributed by atoms with Crippen molar-refractivity contribution >= 4 is 51.2 Å². The Morgan fingerprint density at radius 1 is 1.14 bits per heavy atom. The molecule has 1 unspecified atom stereocenters. The summed E-state index contributed by atoms with van der Waals surface area (Å²) in [5, 5.41) is 10.4. The maximum absolute atomic E-state index is 12.5. The van der Waals surface area contributed by atoms with Crippen molar-refractivity contribution in [3.63, 3.8) is 0 Å². The smallest absolute Gasteiger partial charge is 0.410 e. The van der Waals surface area contributed by atoms with Gasteiger partial charge in [-0.1, -0.05) is 31.5 Å². The molecule has 1 aromatic carbocycles. The first kappa shape index (κ1) is 27.2. The molecule has 1 aliphatic carbocycles. The van der Waals surface area contributed by atoms with Gasteiger partial charge in [-0.15, -0.1) is 0 Å². The van der Waals surface area contributed by atoms with Gasteiger partial charge in [0.2, 0.25) is 0 Å². The van der Waals surface area contributed by atoms with Gasteiger partial charge in [-0.05, 0) is 77.7 Å². The normalized spacial score (nSPS) is 17.7. The van der Waals surface area contributed by atoms with Gasteiger partial charge >= 0.3 is 12.1 Å². The standard InChI is InChI=1S/C24H25BrClN3O4.C2H6/c1-24(2,3)33-23(32)29-8-6-28(7-9-29)21-17-5-4-16(26)12-18(17)19(22(30)31)11-14-10-15(25)13-27-20(14)21;1-2/h4-5,10-13,21H,6-9H2,1-3H3,(H,30,31);1-2H3. The number of halogens is 2. The molecule has 35 heavy (non-hydrogen) atoms. The minimum atomic E-state index is -1.03. The Labute approximate surface area is 219 Å². The number of fused-ring (bicyclic) bond motifs is 2. The average molecular weight is 565 g/mol.